The van der Waals surface area contributed by atoms with E-state index in [0.29, 0.717) is 10.6 Å². The van der Waals surface area contributed by atoms with Gasteiger partial charge in [0, 0.05) is 22.7 Å². The second-order valence-electron chi connectivity index (χ2n) is 3.34. The number of benzene rings is 1. The molecular formula is C11H10FNOS. The summed E-state index contributed by atoms with van der Waals surface area (Å²) in [6.07, 6.45) is 1.66. The zero-order chi connectivity index (χ0) is 10.9. The van der Waals surface area contributed by atoms with Gasteiger partial charge in [-0.2, -0.15) is 0 Å². The molecular weight excluding hydrogens is 213 g/mol. The van der Waals surface area contributed by atoms with E-state index in [2.05, 4.69) is 4.98 Å². The number of thiazole rings is 1. The second-order valence-corrected chi connectivity index (χ2v) is 4.23. The minimum atomic E-state index is -2.33. The standard InChI is InChI=1S/C11H10FNOS/c1-11(12,14)9-5-3-2-4-8(9)10-13-6-7-15-10/h2-7,14H,1H3. The summed E-state index contributed by atoms with van der Waals surface area (Å²) in [5.74, 6) is -2.33. The summed E-state index contributed by atoms with van der Waals surface area (Å²) in [6, 6.07) is 6.81. The normalized spacial score (nSPS) is 14.9. The Balaban J connectivity index is 2.58. The van der Waals surface area contributed by atoms with Gasteiger partial charge in [0.05, 0.1) is 0 Å². The van der Waals surface area contributed by atoms with E-state index in [4.69, 9.17) is 0 Å². The number of aliphatic hydroxyl groups is 1. The number of rotatable bonds is 2. The van der Waals surface area contributed by atoms with Crippen molar-refractivity contribution in [3.05, 3.63) is 41.4 Å². The predicted octanol–water partition coefficient (Wildman–Crippen LogP) is 2.94. The van der Waals surface area contributed by atoms with Gasteiger partial charge in [0.1, 0.15) is 5.01 Å². The molecule has 1 aromatic heterocycles. The maximum atomic E-state index is 13.5. The van der Waals surface area contributed by atoms with Crippen molar-refractivity contribution >= 4 is 11.3 Å². The number of hydrogen-bond donors (Lipinski definition) is 1. The number of aromatic nitrogens is 1. The molecule has 1 aromatic carbocycles. The zero-order valence-corrected chi connectivity index (χ0v) is 8.96. The Morgan fingerprint density at radius 3 is 2.73 bits per heavy atom. The smallest absolute Gasteiger partial charge is 0.230 e. The summed E-state index contributed by atoms with van der Waals surface area (Å²) in [7, 11) is 0. The highest BCUT2D eigenvalue weighted by Crippen LogP contribution is 2.33. The van der Waals surface area contributed by atoms with Gasteiger partial charge in [-0.05, 0) is 6.92 Å². The quantitative estimate of drug-likeness (QED) is 0.849. The van der Waals surface area contributed by atoms with Gasteiger partial charge in [-0.1, -0.05) is 24.3 Å². The van der Waals surface area contributed by atoms with Crippen molar-refractivity contribution in [2.75, 3.05) is 0 Å². The maximum Gasteiger partial charge on any atom is 0.230 e. The molecule has 0 amide bonds. The lowest BCUT2D eigenvalue weighted by Gasteiger charge is -2.16. The van der Waals surface area contributed by atoms with Crippen molar-refractivity contribution in [3.8, 4) is 10.6 Å². The Bertz CT molecular complexity index is 448. The lowest BCUT2D eigenvalue weighted by molar-refractivity contribution is -0.0763. The Labute approximate surface area is 91.0 Å². The fourth-order valence-corrected chi connectivity index (χ4v) is 2.10. The average Bonchev–Trinajstić information content (AvgIpc) is 2.69. The van der Waals surface area contributed by atoms with Crippen molar-refractivity contribution in [1.29, 1.82) is 0 Å². The fourth-order valence-electron chi connectivity index (χ4n) is 1.42. The molecule has 0 saturated heterocycles. The highest BCUT2D eigenvalue weighted by atomic mass is 32.1. The van der Waals surface area contributed by atoms with Gasteiger partial charge in [0.15, 0.2) is 0 Å². The molecule has 0 aliphatic rings. The van der Waals surface area contributed by atoms with Gasteiger partial charge < -0.3 is 5.11 Å². The molecule has 2 aromatic rings. The molecule has 1 N–H and O–H groups in total. The van der Waals surface area contributed by atoms with Crippen LogP contribution in [0.2, 0.25) is 0 Å². The van der Waals surface area contributed by atoms with Gasteiger partial charge in [-0.15, -0.1) is 11.3 Å². The third kappa shape index (κ3) is 2.06. The summed E-state index contributed by atoms with van der Waals surface area (Å²) in [6.45, 7) is 1.12. The van der Waals surface area contributed by atoms with Crippen molar-refractivity contribution in [2.24, 2.45) is 0 Å². The fraction of sp³-hybridized carbons (Fsp3) is 0.182. The van der Waals surface area contributed by atoms with Crippen LogP contribution in [0.3, 0.4) is 0 Å². The maximum absolute atomic E-state index is 13.5. The summed E-state index contributed by atoms with van der Waals surface area (Å²) in [4.78, 5) is 4.10. The molecule has 0 aliphatic carbocycles. The molecule has 0 spiro atoms. The van der Waals surface area contributed by atoms with Crippen LogP contribution in [0.4, 0.5) is 4.39 Å². The Morgan fingerprint density at radius 2 is 2.13 bits per heavy atom. The zero-order valence-electron chi connectivity index (χ0n) is 8.14. The van der Waals surface area contributed by atoms with E-state index in [0.717, 1.165) is 6.92 Å². The van der Waals surface area contributed by atoms with Crippen LogP contribution in [-0.4, -0.2) is 10.1 Å². The molecule has 2 rings (SSSR count). The van der Waals surface area contributed by atoms with Gasteiger partial charge in [-0.3, -0.25) is 0 Å². The summed E-state index contributed by atoms with van der Waals surface area (Å²) < 4.78 is 13.5. The molecule has 15 heavy (non-hydrogen) atoms. The molecule has 2 nitrogen and oxygen atoms in total. The van der Waals surface area contributed by atoms with E-state index in [9.17, 15) is 9.50 Å². The second kappa shape index (κ2) is 3.72. The summed E-state index contributed by atoms with van der Waals surface area (Å²) >= 11 is 1.42. The largest absolute Gasteiger partial charge is 0.358 e. The van der Waals surface area contributed by atoms with Gasteiger partial charge >= 0.3 is 0 Å². The molecule has 0 saturated carbocycles. The Kier molecular flexibility index (Phi) is 2.54. The topological polar surface area (TPSA) is 33.1 Å². The first kappa shape index (κ1) is 10.3. The van der Waals surface area contributed by atoms with Crippen LogP contribution in [-0.2, 0) is 5.85 Å². The monoisotopic (exact) mass is 223 g/mol. The molecule has 1 atom stereocenters. The van der Waals surface area contributed by atoms with Crippen LogP contribution in [0.5, 0.6) is 0 Å². The first-order valence-corrected chi connectivity index (χ1v) is 5.37. The van der Waals surface area contributed by atoms with Gasteiger partial charge in [0.25, 0.3) is 0 Å². The molecule has 4 heteroatoms. The van der Waals surface area contributed by atoms with Crippen LogP contribution < -0.4 is 0 Å². The van der Waals surface area contributed by atoms with Crippen molar-refractivity contribution in [2.45, 2.75) is 12.8 Å². The summed E-state index contributed by atoms with van der Waals surface area (Å²) in [5.41, 5.74) is 0.889. The molecule has 0 aliphatic heterocycles. The first-order chi connectivity index (χ1) is 7.09. The lowest BCUT2D eigenvalue weighted by Crippen LogP contribution is -2.14. The van der Waals surface area contributed by atoms with Crippen LogP contribution >= 0.6 is 11.3 Å². The molecule has 0 bridgehead atoms. The molecule has 0 radical (unpaired) electrons. The van der Waals surface area contributed by atoms with E-state index in [1.165, 1.54) is 11.3 Å². The third-order valence-electron chi connectivity index (χ3n) is 2.08. The minimum absolute atomic E-state index is 0.250. The number of alkyl halides is 1. The van der Waals surface area contributed by atoms with E-state index in [1.807, 2.05) is 5.38 Å². The van der Waals surface area contributed by atoms with Crippen molar-refractivity contribution in [1.82, 2.24) is 4.98 Å². The van der Waals surface area contributed by atoms with Crippen molar-refractivity contribution < 1.29 is 9.50 Å². The minimum Gasteiger partial charge on any atom is -0.358 e. The number of nitrogens with zero attached hydrogens (tertiary/aromatic N) is 1. The SMILES string of the molecule is CC(O)(F)c1ccccc1-c1nccs1. The van der Waals surface area contributed by atoms with Crippen LogP contribution in [0.25, 0.3) is 10.6 Å². The highest BCUT2D eigenvalue weighted by Gasteiger charge is 2.25. The third-order valence-corrected chi connectivity index (χ3v) is 2.89. The molecule has 0 fully saturated rings. The summed E-state index contributed by atoms with van der Waals surface area (Å²) in [5, 5.41) is 11.9. The first-order valence-electron chi connectivity index (χ1n) is 4.49. The number of halogens is 1. The molecule has 1 unspecified atom stereocenters. The van der Waals surface area contributed by atoms with E-state index >= 15 is 0 Å². The Hall–Kier alpha value is -1.26. The number of hydrogen-bond acceptors (Lipinski definition) is 3. The van der Waals surface area contributed by atoms with Gasteiger partial charge in [-0.25, -0.2) is 9.37 Å². The predicted molar refractivity (Wildman–Crippen MR) is 58.2 cm³/mol. The van der Waals surface area contributed by atoms with Crippen molar-refractivity contribution in [3.63, 3.8) is 0 Å². The molecule has 78 valence electrons. The molecule has 1 heterocycles. The van der Waals surface area contributed by atoms with Gasteiger partial charge in [0.2, 0.25) is 5.85 Å². The highest BCUT2D eigenvalue weighted by molar-refractivity contribution is 7.13. The van der Waals surface area contributed by atoms with Crippen LogP contribution in [0.15, 0.2) is 35.8 Å². The van der Waals surface area contributed by atoms with E-state index in [1.54, 1.807) is 30.5 Å². The van der Waals surface area contributed by atoms with Crippen LogP contribution in [0.1, 0.15) is 12.5 Å². The average molecular weight is 223 g/mol. The Morgan fingerprint density at radius 1 is 1.40 bits per heavy atom. The van der Waals surface area contributed by atoms with Crippen LogP contribution in [0, 0.1) is 0 Å². The van der Waals surface area contributed by atoms with E-state index < -0.39 is 5.85 Å². The van der Waals surface area contributed by atoms with E-state index in [-0.39, 0.29) is 5.56 Å². The lowest BCUT2D eigenvalue weighted by atomic mass is 10.0.